The van der Waals surface area contributed by atoms with E-state index >= 15 is 0 Å². The summed E-state index contributed by atoms with van der Waals surface area (Å²) in [6, 6.07) is 0.0882. The second-order valence-corrected chi connectivity index (χ2v) is 4.69. The van der Waals surface area contributed by atoms with Crippen molar-refractivity contribution in [1.82, 2.24) is 4.72 Å². The molecule has 0 heterocycles. The molecule has 1 saturated carbocycles. The Bertz CT molecular complexity index is 239. The van der Waals surface area contributed by atoms with Crippen LogP contribution in [0.4, 0.5) is 0 Å². The third kappa shape index (κ3) is 7.68. The molecule has 0 bridgehead atoms. The molecule has 0 aliphatic heterocycles. The predicted octanol–water partition coefficient (Wildman–Crippen LogP) is -0.283. The van der Waals surface area contributed by atoms with Gasteiger partial charge in [-0.05, 0) is 19.8 Å². The zero-order chi connectivity index (χ0) is 9.73. The predicted molar refractivity (Wildman–Crippen MR) is 61.3 cm³/mol. The van der Waals surface area contributed by atoms with Gasteiger partial charge in [-0.25, -0.2) is 0 Å². The molecule has 5 nitrogen and oxygen atoms in total. The molecule has 0 aromatic rings. The van der Waals surface area contributed by atoms with Gasteiger partial charge < -0.3 is 5.48 Å². The average Bonchev–Trinajstić information content (AvgIpc) is 2.04. The van der Waals surface area contributed by atoms with Gasteiger partial charge in [-0.3, -0.25) is 4.18 Å². The van der Waals surface area contributed by atoms with Gasteiger partial charge >= 0.3 is 39.9 Å². The zero-order valence-electron chi connectivity index (χ0n) is 8.45. The van der Waals surface area contributed by atoms with Gasteiger partial charge in [0, 0.05) is 6.04 Å². The first kappa shape index (κ1) is 18.2. The molecule has 0 atom stereocenters. The molecule has 0 saturated heterocycles. The van der Waals surface area contributed by atoms with Crippen LogP contribution in [0.15, 0.2) is 0 Å². The second-order valence-electron chi connectivity index (χ2n) is 3.31. The number of nitrogens with one attached hydrogen (secondary N) is 1. The molecule has 0 spiro atoms. The van der Waals surface area contributed by atoms with E-state index < -0.39 is 10.3 Å². The molecular weight excluding hydrogens is 229 g/mol. The van der Waals surface area contributed by atoms with E-state index in [-0.39, 0.29) is 47.7 Å². The number of hydrogen-bond acceptors (Lipinski definition) is 3. The Morgan fingerprint density at radius 1 is 1.27 bits per heavy atom. The molecular formula is C8H20NNaO4S. The van der Waals surface area contributed by atoms with Crippen molar-refractivity contribution in [2.75, 3.05) is 6.61 Å². The molecule has 15 heavy (non-hydrogen) atoms. The van der Waals surface area contributed by atoms with Gasteiger partial charge in [0.15, 0.2) is 0 Å². The van der Waals surface area contributed by atoms with E-state index in [1.165, 1.54) is 6.42 Å². The van der Waals surface area contributed by atoms with Crippen molar-refractivity contribution in [3.05, 3.63) is 0 Å². The van der Waals surface area contributed by atoms with Gasteiger partial charge in [0.1, 0.15) is 0 Å². The summed E-state index contributed by atoms with van der Waals surface area (Å²) in [7, 11) is -3.48. The van der Waals surface area contributed by atoms with Crippen LogP contribution in [-0.4, -0.2) is 56.1 Å². The third-order valence-corrected chi connectivity index (χ3v) is 3.36. The molecule has 0 amide bonds. The summed E-state index contributed by atoms with van der Waals surface area (Å²) in [5.74, 6) is 0. The Morgan fingerprint density at radius 2 is 1.80 bits per heavy atom. The average molecular weight is 249 g/mol. The normalized spacial score (nSPS) is 17.7. The minimum atomic E-state index is -3.48. The molecule has 1 aliphatic carbocycles. The summed E-state index contributed by atoms with van der Waals surface area (Å²) >= 11 is 0. The Balaban J connectivity index is 0. The van der Waals surface area contributed by atoms with Crippen LogP contribution in [0.3, 0.4) is 0 Å². The SMILES string of the molecule is CCOS(=O)(=O)NC1CCCCC1.O.[NaH]. The van der Waals surface area contributed by atoms with E-state index in [4.69, 9.17) is 0 Å². The summed E-state index contributed by atoms with van der Waals surface area (Å²) in [4.78, 5) is 0. The summed E-state index contributed by atoms with van der Waals surface area (Å²) in [6.45, 7) is 1.86. The number of rotatable bonds is 4. The number of hydrogen-bond donors (Lipinski definition) is 1. The molecule has 0 aromatic heterocycles. The zero-order valence-corrected chi connectivity index (χ0v) is 9.27. The van der Waals surface area contributed by atoms with Crippen molar-refractivity contribution >= 4 is 39.9 Å². The van der Waals surface area contributed by atoms with Gasteiger partial charge in [0.25, 0.3) is 0 Å². The quantitative estimate of drug-likeness (QED) is 0.695. The van der Waals surface area contributed by atoms with Crippen molar-refractivity contribution in [2.45, 2.75) is 45.1 Å². The molecule has 0 radical (unpaired) electrons. The fourth-order valence-corrected chi connectivity index (χ4v) is 2.64. The maximum absolute atomic E-state index is 11.2. The summed E-state index contributed by atoms with van der Waals surface area (Å²) in [5.41, 5.74) is 0. The van der Waals surface area contributed by atoms with Crippen LogP contribution in [0.1, 0.15) is 39.0 Å². The van der Waals surface area contributed by atoms with Crippen molar-refractivity contribution in [3.8, 4) is 0 Å². The fraction of sp³-hybridized carbons (Fsp3) is 1.00. The third-order valence-electron chi connectivity index (χ3n) is 2.19. The van der Waals surface area contributed by atoms with Crippen molar-refractivity contribution < 1.29 is 18.1 Å². The van der Waals surface area contributed by atoms with E-state index in [2.05, 4.69) is 8.91 Å². The van der Waals surface area contributed by atoms with E-state index in [0.29, 0.717) is 0 Å². The van der Waals surface area contributed by atoms with E-state index in [0.717, 1.165) is 25.7 Å². The first-order valence-corrected chi connectivity index (χ1v) is 6.21. The van der Waals surface area contributed by atoms with Gasteiger partial charge in [-0.1, -0.05) is 19.3 Å². The van der Waals surface area contributed by atoms with E-state index in [1.807, 2.05) is 0 Å². The Labute approximate surface area is 114 Å². The van der Waals surface area contributed by atoms with Gasteiger partial charge in [0.05, 0.1) is 6.61 Å². The molecule has 1 aliphatic rings. The maximum atomic E-state index is 11.2. The molecule has 1 rings (SSSR count). The van der Waals surface area contributed by atoms with Crippen LogP contribution in [0.25, 0.3) is 0 Å². The van der Waals surface area contributed by atoms with Crippen LogP contribution >= 0.6 is 0 Å². The van der Waals surface area contributed by atoms with Gasteiger partial charge in [-0.2, -0.15) is 13.1 Å². The first-order chi connectivity index (χ1) is 6.14. The minimum absolute atomic E-state index is 0. The van der Waals surface area contributed by atoms with Crippen molar-refractivity contribution in [3.63, 3.8) is 0 Å². The Kier molecular flexibility index (Phi) is 10.8. The van der Waals surface area contributed by atoms with Gasteiger partial charge in [-0.15, -0.1) is 0 Å². The van der Waals surface area contributed by atoms with Crippen molar-refractivity contribution in [2.24, 2.45) is 0 Å². The molecule has 0 aromatic carbocycles. The molecule has 88 valence electrons. The first-order valence-electron chi connectivity index (χ1n) is 4.81. The monoisotopic (exact) mass is 249 g/mol. The Morgan fingerprint density at radius 3 is 2.27 bits per heavy atom. The van der Waals surface area contributed by atoms with Gasteiger partial charge in [0.2, 0.25) is 0 Å². The summed E-state index contributed by atoms with van der Waals surface area (Å²) < 4.78 is 29.5. The molecule has 3 N–H and O–H groups in total. The van der Waals surface area contributed by atoms with E-state index in [1.54, 1.807) is 6.92 Å². The molecule has 7 heteroatoms. The topological polar surface area (TPSA) is 86.9 Å². The van der Waals surface area contributed by atoms with Crippen LogP contribution in [0.5, 0.6) is 0 Å². The Hall–Kier alpha value is 0.830. The second kappa shape index (κ2) is 8.92. The fourth-order valence-electron chi connectivity index (χ4n) is 1.61. The summed E-state index contributed by atoms with van der Waals surface area (Å²) in [5, 5.41) is 0. The van der Waals surface area contributed by atoms with Crippen LogP contribution in [-0.2, 0) is 14.5 Å². The van der Waals surface area contributed by atoms with Crippen molar-refractivity contribution in [1.29, 1.82) is 0 Å². The summed E-state index contributed by atoms with van der Waals surface area (Å²) in [6.07, 6.45) is 5.31. The van der Waals surface area contributed by atoms with Crippen LogP contribution in [0, 0.1) is 0 Å². The van der Waals surface area contributed by atoms with Crippen LogP contribution in [0.2, 0.25) is 0 Å². The van der Waals surface area contributed by atoms with E-state index in [9.17, 15) is 8.42 Å². The molecule has 0 unspecified atom stereocenters. The van der Waals surface area contributed by atoms with Crippen LogP contribution < -0.4 is 4.72 Å². The standard InChI is InChI=1S/C8H17NO3S.Na.H2O.H/c1-2-12-13(10,11)9-8-6-4-3-5-7-8;;;/h8-9H,2-7H2,1H3;;1H2;. The molecule has 1 fully saturated rings.